The Morgan fingerprint density at radius 1 is 1.24 bits per heavy atom. The minimum atomic E-state index is -0.120. The molecular formula is C16H14N6OS2. The number of hydrogen-bond donors (Lipinski definition) is 2. The van der Waals surface area contributed by atoms with Crippen molar-refractivity contribution in [1.29, 1.82) is 0 Å². The second-order valence-corrected chi connectivity index (χ2v) is 7.34. The number of nitrogen functional groups attached to an aromatic ring is 1. The summed E-state index contributed by atoms with van der Waals surface area (Å²) in [7, 11) is 0. The Labute approximate surface area is 150 Å². The summed E-state index contributed by atoms with van der Waals surface area (Å²) in [6.45, 7) is 2.02. The van der Waals surface area contributed by atoms with Gasteiger partial charge in [0.05, 0.1) is 11.3 Å². The first-order valence-electron chi connectivity index (χ1n) is 7.48. The molecule has 0 aliphatic carbocycles. The standard InChI is InChI=1S/C16H14N6OS2/c1-9-2-4-10(5-3-9)14-20-21-16(22(14)17)25-8-12-18-11-6-7-24-13(11)15(23)19-12/h2-7H,8,17H2,1H3,(H,18,19,23). The van der Waals surface area contributed by atoms with Gasteiger partial charge in [0.2, 0.25) is 5.16 Å². The average molecular weight is 370 g/mol. The number of rotatable bonds is 4. The predicted molar refractivity (Wildman–Crippen MR) is 100 cm³/mol. The fourth-order valence-electron chi connectivity index (χ4n) is 2.40. The lowest BCUT2D eigenvalue weighted by Gasteiger charge is -2.04. The molecule has 0 saturated heterocycles. The molecule has 0 aliphatic rings. The van der Waals surface area contributed by atoms with Gasteiger partial charge in [0, 0.05) is 5.56 Å². The Morgan fingerprint density at radius 3 is 2.84 bits per heavy atom. The van der Waals surface area contributed by atoms with Gasteiger partial charge in [0.15, 0.2) is 5.82 Å². The number of hydrogen-bond acceptors (Lipinski definition) is 7. The molecule has 25 heavy (non-hydrogen) atoms. The number of H-pyrrole nitrogens is 1. The molecule has 0 fully saturated rings. The van der Waals surface area contributed by atoms with Crippen LogP contribution in [0.5, 0.6) is 0 Å². The molecule has 0 bridgehead atoms. The first-order valence-corrected chi connectivity index (χ1v) is 9.35. The molecule has 0 amide bonds. The Bertz CT molecular complexity index is 1100. The molecule has 0 atom stereocenters. The summed E-state index contributed by atoms with van der Waals surface area (Å²) in [5.41, 5.74) is 2.66. The molecule has 0 spiro atoms. The van der Waals surface area contributed by atoms with E-state index in [1.54, 1.807) is 0 Å². The van der Waals surface area contributed by atoms with Gasteiger partial charge in [-0.15, -0.1) is 21.5 Å². The van der Waals surface area contributed by atoms with E-state index in [4.69, 9.17) is 5.84 Å². The highest BCUT2D eigenvalue weighted by atomic mass is 32.2. The Kier molecular flexibility index (Phi) is 4.02. The summed E-state index contributed by atoms with van der Waals surface area (Å²) in [6, 6.07) is 9.76. The monoisotopic (exact) mass is 370 g/mol. The quantitative estimate of drug-likeness (QED) is 0.423. The van der Waals surface area contributed by atoms with Crippen molar-refractivity contribution >= 4 is 33.3 Å². The van der Waals surface area contributed by atoms with Crippen LogP contribution in [0.15, 0.2) is 45.7 Å². The van der Waals surface area contributed by atoms with Crippen LogP contribution in [0.1, 0.15) is 11.4 Å². The number of benzene rings is 1. The van der Waals surface area contributed by atoms with Gasteiger partial charge in [-0.2, -0.15) is 0 Å². The number of aryl methyl sites for hydroxylation is 1. The van der Waals surface area contributed by atoms with Gasteiger partial charge in [-0.25, -0.2) is 9.66 Å². The van der Waals surface area contributed by atoms with E-state index in [-0.39, 0.29) is 5.56 Å². The van der Waals surface area contributed by atoms with E-state index in [1.807, 2.05) is 42.6 Å². The maximum atomic E-state index is 12.0. The third-order valence-electron chi connectivity index (χ3n) is 3.68. The molecule has 0 radical (unpaired) electrons. The fraction of sp³-hybridized carbons (Fsp3) is 0.125. The lowest BCUT2D eigenvalue weighted by Crippen LogP contribution is -2.12. The molecule has 3 N–H and O–H groups in total. The summed E-state index contributed by atoms with van der Waals surface area (Å²) in [6.07, 6.45) is 0. The molecule has 0 aliphatic heterocycles. The molecule has 9 heteroatoms. The summed E-state index contributed by atoms with van der Waals surface area (Å²) < 4.78 is 2.09. The SMILES string of the molecule is Cc1ccc(-c2nnc(SCc3nc4ccsc4c(=O)[nH]3)n2N)cc1. The van der Waals surface area contributed by atoms with Crippen molar-refractivity contribution in [2.45, 2.75) is 17.8 Å². The van der Waals surface area contributed by atoms with Crippen LogP contribution in [0.25, 0.3) is 21.6 Å². The van der Waals surface area contributed by atoms with Gasteiger partial charge in [-0.05, 0) is 18.4 Å². The third-order valence-corrected chi connectivity index (χ3v) is 5.53. The zero-order valence-electron chi connectivity index (χ0n) is 13.3. The van der Waals surface area contributed by atoms with Crippen molar-refractivity contribution in [1.82, 2.24) is 24.8 Å². The zero-order chi connectivity index (χ0) is 17.4. The molecule has 1 aromatic carbocycles. The van der Waals surface area contributed by atoms with E-state index in [2.05, 4.69) is 20.2 Å². The molecule has 7 nitrogen and oxygen atoms in total. The van der Waals surface area contributed by atoms with Gasteiger partial charge in [0.1, 0.15) is 10.5 Å². The number of fused-ring (bicyclic) bond motifs is 1. The van der Waals surface area contributed by atoms with Crippen LogP contribution in [0.3, 0.4) is 0 Å². The van der Waals surface area contributed by atoms with E-state index in [1.165, 1.54) is 33.3 Å². The summed E-state index contributed by atoms with van der Waals surface area (Å²) >= 11 is 2.76. The number of thioether (sulfide) groups is 1. The number of nitrogens with zero attached hydrogens (tertiary/aromatic N) is 4. The van der Waals surface area contributed by atoms with Gasteiger partial charge >= 0.3 is 0 Å². The predicted octanol–water partition coefficient (Wildman–Crippen LogP) is 2.56. The lowest BCUT2D eigenvalue weighted by molar-refractivity contribution is 0.848. The summed E-state index contributed by atoms with van der Waals surface area (Å²) in [5, 5.41) is 10.7. The van der Waals surface area contributed by atoms with Crippen LogP contribution >= 0.6 is 23.1 Å². The molecule has 0 unspecified atom stereocenters. The van der Waals surface area contributed by atoms with Crippen LogP contribution in [0, 0.1) is 6.92 Å². The van der Waals surface area contributed by atoms with Crippen molar-refractivity contribution in [2.75, 3.05) is 5.84 Å². The van der Waals surface area contributed by atoms with E-state index < -0.39 is 0 Å². The third kappa shape index (κ3) is 3.03. The number of aromatic nitrogens is 5. The highest BCUT2D eigenvalue weighted by Crippen LogP contribution is 2.24. The van der Waals surface area contributed by atoms with Gasteiger partial charge in [0.25, 0.3) is 5.56 Å². The average Bonchev–Trinajstić information content (AvgIpc) is 3.21. The van der Waals surface area contributed by atoms with Crippen LogP contribution in [-0.4, -0.2) is 24.8 Å². The minimum Gasteiger partial charge on any atom is -0.335 e. The molecular weight excluding hydrogens is 356 g/mol. The smallest absolute Gasteiger partial charge is 0.268 e. The van der Waals surface area contributed by atoms with Crippen molar-refractivity contribution in [3.05, 3.63) is 57.5 Å². The van der Waals surface area contributed by atoms with Gasteiger partial charge < -0.3 is 10.8 Å². The Hall–Kier alpha value is -2.65. The topological polar surface area (TPSA) is 102 Å². The first-order chi connectivity index (χ1) is 12.1. The summed E-state index contributed by atoms with van der Waals surface area (Å²) in [4.78, 5) is 19.2. The normalized spacial score (nSPS) is 11.2. The van der Waals surface area contributed by atoms with E-state index in [0.717, 1.165) is 5.56 Å². The second-order valence-electron chi connectivity index (χ2n) is 5.48. The molecule has 0 saturated carbocycles. The van der Waals surface area contributed by atoms with Gasteiger partial charge in [-0.3, -0.25) is 4.79 Å². The van der Waals surface area contributed by atoms with Crippen LogP contribution in [0.2, 0.25) is 0 Å². The molecule has 3 heterocycles. The lowest BCUT2D eigenvalue weighted by atomic mass is 10.1. The Morgan fingerprint density at radius 2 is 2.04 bits per heavy atom. The van der Waals surface area contributed by atoms with Crippen LogP contribution < -0.4 is 11.4 Å². The van der Waals surface area contributed by atoms with Crippen LogP contribution in [0.4, 0.5) is 0 Å². The van der Waals surface area contributed by atoms with Crippen LogP contribution in [-0.2, 0) is 5.75 Å². The number of aromatic amines is 1. The Balaban J connectivity index is 1.56. The highest BCUT2D eigenvalue weighted by molar-refractivity contribution is 7.98. The molecule has 4 aromatic rings. The fourth-order valence-corrected chi connectivity index (χ4v) is 3.85. The number of nitrogens with one attached hydrogen (secondary N) is 1. The van der Waals surface area contributed by atoms with Crippen molar-refractivity contribution in [3.63, 3.8) is 0 Å². The van der Waals surface area contributed by atoms with E-state index in [0.29, 0.717) is 32.8 Å². The minimum absolute atomic E-state index is 0.120. The molecule has 3 aromatic heterocycles. The highest BCUT2D eigenvalue weighted by Gasteiger charge is 2.13. The van der Waals surface area contributed by atoms with E-state index in [9.17, 15) is 4.79 Å². The van der Waals surface area contributed by atoms with Gasteiger partial charge in [-0.1, -0.05) is 41.6 Å². The number of thiophene rings is 1. The summed E-state index contributed by atoms with van der Waals surface area (Å²) in [5.74, 6) is 7.75. The number of nitrogens with two attached hydrogens (primary N) is 1. The molecule has 126 valence electrons. The van der Waals surface area contributed by atoms with Crippen molar-refractivity contribution in [3.8, 4) is 11.4 Å². The van der Waals surface area contributed by atoms with E-state index >= 15 is 0 Å². The zero-order valence-corrected chi connectivity index (χ0v) is 14.9. The van der Waals surface area contributed by atoms with Crippen molar-refractivity contribution in [2.24, 2.45) is 0 Å². The molecule has 4 rings (SSSR count). The first kappa shape index (κ1) is 15.9. The van der Waals surface area contributed by atoms with Crippen molar-refractivity contribution < 1.29 is 0 Å². The second kappa shape index (κ2) is 6.34. The maximum absolute atomic E-state index is 12.0. The maximum Gasteiger partial charge on any atom is 0.268 e. The largest absolute Gasteiger partial charge is 0.335 e.